The molecule has 0 saturated heterocycles. The predicted molar refractivity (Wildman–Crippen MR) is 97.7 cm³/mol. The summed E-state index contributed by atoms with van der Waals surface area (Å²) in [7, 11) is 0. The molecule has 0 aliphatic carbocycles. The molecule has 1 atom stereocenters. The zero-order valence-corrected chi connectivity index (χ0v) is 14.1. The summed E-state index contributed by atoms with van der Waals surface area (Å²) in [4.78, 5) is 26.6. The van der Waals surface area contributed by atoms with Crippen LogP contribution >= 0.6 is 0 Å². The maximum Gasteiger partial charge on any atom is 0.229 e. The van der Waals surface area contributed by atoms with Crippen LogP contribution in [0.1, 0.15) is 18.9 Å². The molecule has 1 aromatic heterocycles. The summed E-state index contributed by atoms with van der Waals surface area (Å²) in [5, 5.41) is 4.83. The first kappa shape index (κ1) is 15.6. The highest BCUT2D eigenvalue weighted by molar-refractivity contribution is 5.96. The topological polar surface area (TPSA) is 55.2 Å². The monoisotopic (exact) mass is 333 g/mol. The number of benzene rings is 2. The number of aromatic nitrogens is 2. The Hall–Kier alpha value is -2.95. The van der Waals surface area contributed by atoms with E-state index in [9.17, 15) is 9.59 Å². The second-order valence-corrected chi connectivity index (χ2v) is 6.44. The highest BCUT2D eigenvalue weighted by atomic mass is 16.2. The van der Waals surface area contributed by atoms with E-state index in [1.165, 1.54) is 11.8 Å². The Morgan fingerprint density at radius 3 is 2.80 bits per heavy atom. The highest BCUT2D eigenvalue weighted by Crippen LogP contribution is 2.32. The molecule has 2 heterocycles. The number of aryl methyl sites for hydroxylation is 1. The van der Waals surface area contributed by atoms with Crippen molar-refractivity contribution in [2.24, 2.45) is 0 Å². The molecule has 1 aliphatic heterocycles. The zero-order valence-electron chi connectivity index (χ0n) is 14.1. The Kier molecular flexibility index (Phi) is 3.84. The van der Waals surface area contributed by atoms with E-state index >= 15 is 0 Å². The zero-order chi connectivity index (χ0) is 17.4. The van der Waals surface area contributed by atoms with Gasteiger partial charge >= 0.3 is 0 Å². The van der Waals surface area contributed by atoms with E-state index in [4.69, 9.17) is 0 Å². The third kappa shape index (κ3) is 2.71. The SMILES string of the molecule is C[C@H]1Cc2ccccc2N1C(=O)CCn1ncc(=O)c2ccccc21. The van der Waals surface area contributed by atoms with Gasteiger partial charge in [-0.05, 0) is 37.1 Å². The summed E-state index contributed by atoms with van der Waals surface area (Å²) in [6, 6.07) is 15.6. The normalized spacial score (nSPS) is 16.2. The number of carbonyl (C=O) groups is 1. The Labute approximate surface area is 145 Å². The van der Waals surface area contributed by atoms with Gasteiger partial charge in [0.25, 0.3) is 0 Å². The summed E-state index contributed by atoms with van der Waals surface area (Å²) >= 11 is 0. The molecule has 5 nitrogen and oxygen atoms in total. The van der Waals surface area contributed by atoms with Gasteiger partial charge in [-0.2, -0.15) is 5.10 Å². The summed E-state index contributed by atoms with van der Waals surface area (Å²) in [5.74, 6) is 0.0852. The molecule has 0 bridgehead atoms. The van der Waals surface area contributed by atoms with Gasteiger partial charge in [0.05, 0.1) is 18.3 Å². The quantitative estimate of drug-likeness (QED) is 0.740. The van der Waals surface area contributed by atoms with E-state index < -0.39 is 0 Å². The number of hydrogen-bond acceptors (Lipinski definition) is 3. The largest absolute Gasteiger partial charge is 0.309 e. The first-order valence-corrected chi connectivity index (χ1v) is 8.50. The Balaban J connectivity index is 1.57. The van der Waals surface area contributed by atoms with Crippen molar-refractivity contribution in [1.29, 1.82) is 0 Å². The van der Waals surface area contributed by atoms with Crippen LogP contribution in [0, 0.1) is 0 Å². The van der Waals surface area contributed by atoms with Crippen LogP contribution in [0.5, 0.6) is 0 Å². The predicted octanol–water partition coefficient (Wildman–Crippen LogP) is 2.76. The van der Waals surface area contributed by atoms with Gasteiger partial charge in [0.2, 0.25) is 11.3 Å². The molecule has 0 unspecified atom stereocenters. The van der Waals surface area contributed by atoms with Crippen molar-refractivity contribution in [2.45, 2.75) is 32.4 Å². The van der Waals surface area contributed by atoms with Crippen molar-refractivity contribution >= 4 is 22.5 Å². The molecule has 2 aromatic carbocycles. The summed E-state index contributed by atoms with van der Waals surface area (Å²) in [5.41, 5.74) is 2.89. The number of rotatable bonds is 3. The van der Waals surface area contributed by atoms with Crippen LogP contribution in [0.3, 0.4) is 0 Å². The molecule has 1 aliphatic rings. The van der Waals surface area contributed by atoms with Crippen molar-refractivity contribution in [3.63, 3.8) is 0 Å². The van der Waals surface area contributed by atoms with Crippen LogP contribution in [0.25, 0.3) is 10.9 Å². The Morgan fingerprint density at radius 2 is 1.92 bits per heavy atom. The number of nitrogens with zero attached hydrogens (tertiary/aromatic N) is 3. The lowest BCUT2D eigenvalue weighted by molar-refractivity contribution is -0.119. The first-order valence-electron chi connectivity index (χ1n) is 8.50. The van der Waals surface area contributed by atoms with Crippen molar-refractivity contribution < 1.29 is 4.79 Å². The van der Waals surface area contributed by atoms with Gasteiger partial charge in [-0.3, -0.25) is 14.3 Å². The van der Waals surface area contributed by atoms with Gasteiger partial charge in [0.1, 0.15) is 0 Å². The van der Waals surface area contributed by atoms with Crippen molar-refractivity contribution in [2.75, 3.05) is 4.90 Å². The summed E-state index contributed by atoms with van der Waals surface area (Å²) in [6.45, 7) is 2.52. The molecule has 0 saturated carbocycles. The molecule has 126 valence electrons. The highest BCUT2D eigenvalue weighted by Gasteiger charge is 2.30. The number of fused-ring (bicyclic) bond motifs is 2. The van der Waals surface area contributed by atoms with Gasteiger partial charge in [-0.15, -0.1) is 0 Å². The van der Waals surface area contributed by atoms with Gasteiger partial charge in [-0.25, -0.2) is 0 Å². The molecular formula is C20H19N3O2. The number of carbonyl (C=O) groups excluding carboxylic acids is 1. The van der Waals surface area contributed by atoms with Crippen LogP contribution < -0.4 is 10.3 Å². The fraction of sp³-hybridized carbons (Fsp3) is 0.250. The Bertz CT molecular complexity index is 1010. The Morgan fingerprint density at radius 1 is 1.16 bits per heavy atom. The van der Waals surface area contributed by atoms with Gasteiger partial charge in [0.15, 0.2) is 0 Å². The average Bonchev–Trinajstić information content (AvgIpc) is 2.97. The van der Waals surface area contributed by atoms with Crippen molar-refractivity contribution in [3.05, 3.63) is 70.5 Å². The maximum absolute atomic E-state index is 12.8. The molecule has 4 rings (SSSR count). The number of anilines is 1. The lowest BCUT2D eigenvalue weighted by atomic mass is 10.1. The van der Waals surface area contributed by atoms with Gasteiger partial charge in [-0.1, -0.05) is 30.3 Å². The van der Waals surface area contributed by atoms with Gasteiger partial charge < -0.3 is 4.90 Å². The number of hydrogen-bond donors (Lipinski definition) is 0. The van der Waals surface area contributed by atoms with Crippen LogP contribution in [0.2, 0.25) is 0 Å². The second kappa shape index (κ2) is 6.16. The van der Waals surface area contributed by atoms with Crippen LogP contribution in [0.15, 0.2) is 59.5 Å². The summed E-state index contributed by atoms with van der Waals surface area (Å²) in [6.07, 6.45) is 2.56. The van der Waals surface area contributed by atoms with Crippen LogP contribution in [0.4, 0.5) is 5.69 Å². The summed E-state index contributed by atoms with van der Waals surface area (Å²) < 4.78 is 1.74. The van der Waals surface area contributed by atoms with Crippen LogP contribution in [-0.2, 0) is 17.8 Å². The standard InChI is InChI=1S/C20H19N3O2/c1-14-12-15-6-2-4-8-17(15)23(14)20(25)10-11-22-18-9-5-3-7-16(18)19(24)13-21-22/h2-9,13-14H,10-12H2,1H3/t14-/m0/s1. The molecule has 1 amide bonds. The molecule has 0 fully saturated rings. The number of amides is 1. The van der Waals surface area contributed by atoms with Gasteiger partial charge in [0, 0.05) is 23.5 Å². The lowest BCUT2D eigenvalue weighted by Crippen LogP contribution is -2.36. The first-order chi connectivity index (χ1) is 12.1. The minimum absolute atomic E-state index is 0.0852. The second-order valence-electron chi connectivity index (χ2n) is 6.44. The van der Waals surface area contributed by atoms with E-state index in [1.54, 1.807) is 10.7 Å². The van der Waals surface area contributed by atoms with Crippen LogP contribution in [-0.4, -0.2) is 21.7 Å². The molecule has 0 N–H and O–H groups in total. The minimum Gasteiger partial charge on any atom is -0.309 e. The molecule has 5 heteroatoms. The van der Waals surface area contributed by atoms with Crippen molar-refractivity contribution in [3.8, 4) is 0 Å². The third-order valence-electron chi connectivity index (χ3n) is 4.78. The van der Waals surface area contributed by atoms with E-state index in [0.29, 0.717) is 18.4 Å². The minimum atomic E-state index is -0.0970. The van der Waals surface area contributed by atoms with Crippen molar-refractivity contribution in [1.82, 2.24) is 9.78 Å². The maximum atomic E-state index is 12.8. The number of para-hydroxylation sites is 2. The van der Waals surface area contributed by atoms with E-state index in [0.717, 1.165) is 17.6 Å². The molecule has 0 radical (unpaired) electrons. The van der Waals surface area contributed by atoms with E-state index in [-0.39, 0.29) is 17.4 Å². The smallest absolute Gasteiger partial charge is 0.229 e. The molecule has 0 spiro atoms. The third-order valence-corrected chi connectivity index (χ3v) is 4.78. The fourth-order valence-electron chi connectivity index (χ4n) is 3.61. The molecule has 25 heavy (non-hydrogen) atoms. The van der Waals surface area contributed by atoms with E-state index in [2.05, 4.69) is 18.1 Å². The van der Waals surface area contributed by atoms with E-state index in [1.807, 2.05) is 41.3 Å². The molecular weight excluding hydrogens is 314 g/mol. The molecule has 3 aromatic rings. The fourth-order valence-corrected chi connectivity index (χ4v) is 3.61. The lowest BCUT2D eigenvalue weighted by Gasteiger charge is -2.23. The average molecular weight is 333 g/mol.